The molecule has 5 heteroatoms. The van der Waals surface area contributed by atoms with Crippen LogP contribution in [0.15, 0.2) is 29.2 Å². The summed E-state index contributed by atoms with van der Waals surface area (Å²) < 4.78 is 27.1. The maximum absolute atomic E-state index is 12.2. The minimum atomic E-state index is -3.45. The van der Waals surface area contributed by atoms with Crippen LogP contribution in [0, 0.1) is 11.8 Å². The number of hydrogen-bond acceptors (Lipinski definition) is 2. The van der Waals surface area contributed by atoms with Gasteiger partial charge in [-0.3, -0.25) is 0 Å². The highest BCUT2D eigenvalue weighted by atomic mass is 35.5. The van der Waals surface area contributed by atoms with Gasteiger partial charge in [0.15, 0.2) is 0 Å². The highest BCUT2D eigenvalue weighted by Gasteiger charge is 2.31. The molecule has 0 amide bonds. The van der Waals surface area contributed by atoms with Gasteiger partial charge >= 0.3 is 0 Å². The molecule has 1 aliphatic carbocycles. The molecule has 3 atom stereocenters. The summed E-state index contributed by atoms with van der Waals surface area (Å²) in [6.45, 7) is 4.33. The van der Waals surface area contributed by atoms with E-state index < -0.39 is 10.0 Å². The molecule has 0 aliphatic heterocycles. The molecule has 0 aromatic heterocycles. The van der Waals surface area contributed by atoms with Crippen LogP contribution >= 0.6 is 11.6 Å². The van der Waals surface area contributed by atoms with Crippen LogP contribution in [0.2, 0.25) is 5.02 Å². The van der Waals surface area contributed by atoms with E-state index >= 15 is 0 Å². The second kappa shape index (κ2) is 5.19. The van der Waals surface area contributed by atoms with Gasteiger partial charge in [-0.15, -0.1) is 0 Å². The lowest BCUT2D eigenvalue weighted by Gasteiger charge is -2.13. The molecule has 0 heterocycles. The molecule has 1 saturated carbocycles. The summed E-state index contributed by atoms with van der Waals surface area (Å²) in [5.41, 5.74) is 0. The molecule has 0 saturated heterocycles. The van der Waals surface area contributed by atoms with Crippen molar-refractivity contribution in [2.75, 3.05) is 0 Å². The van der Waals surface area contributed by atoms with Gasteiger partial charge in [0, 0.05) is 11.1 Å². The Kier molecular flexibility index (Phi) is 3.99. The highest BCUT2D eigenvalue weighted by molar-refractivity contribution is 7.89. The first-order chi connectivity index (χ1) is 8.38. The van der Waals surface area contributed by atoms with Crippen LogP contribution in [0.1, 0.15) is 26.7 Å². The average molecular weight is 288 g/mol. The fourth-order valence-electron chi connectivity index (χ4n) is 2.48. The number of hydrogen-bond donors (Lipinski definition) is 1. The van der Waals surface area contributed by atoms with Crippen molar-refractivity contribution in [1.29, 1.82) is 0 Å². The molecule has 1 aliphatic rings. The van der Waals surface area contributed by atoms with E-state index in [1.54, 1.807) is 18.2 Å². The number of rotatable bonds is 3. The zero-order chi connectivity index (χ0) is 13.3. The predicted octanol–water partition coefficient (Wildman–Crippen LogP) is 3.05. The van der Waals surface area contributed by atoms with E-state index in [-0.39, 0.29) is 10.9 Å². The van der Waals surface area contributed by atoms with Crippen LogP contribution in [0.25, 0.3) is 0 Å². The van der Waals surface area contributed by atoms with Gasteiger partial charge in [0.25, 0.3) is 0 Å². The first-order valence-electron chi connectivity index (χ1n) is 6.16. The van der Waals surface area contributed by atoms with Crippen LogP contribution in [-0.4, -0.2) is 14.5 Å². The molecular weight excluding hydrogens is 270 g/mol. The fraction of sp³-hybridized carbons (Fsp3) is 0.538. The average Bonchev–Trinajstić information content (AvgIpc) is 2.57. The van der Waals surface area contributed by atoms with Crippen LogP contribution in [0.3, 0.4) is 0 Å². The first-order valence-corrected chi connectivity index (χ1v) is 8.02. The van der Waals surface area contributed by atoms with Crippen molar-refractivity contribution in [2.24, 2.45) is 11.8 Å². The predicted molar refractivity (Wildman–Crippen MR) is 73.1 cm³/mol. The zero-order valence-corrected chi connectivity index (χ0v) is 12.1. The van der Waals surface area contributed by atoms with E-state index in [9.17, 15) is 8.42 Å². The van der Waals surface area contributed by atoms with Crippen LogP contribution in [0.5, 0.6) is 0 Å². The Morgan fingerprint density at radius 2 is 1.83 bits per heavy atom. The third-order valence-corrected chi connectivity index (χ3v) is 5.47. The van der Waals surface area contributed by atoms with Gasteiger partial charge in [-0.1, -0.05) is 31.5 Å². The van der Waals surface area contributed by atoms with Crippen molar-refractivity contribution < 1.29 is 8.42 Å². The van der Waals surface area contributed by atoms with E-state index in [1.807, 2.05) is 0 Å². The molecule has 3 nitrogen and oxygen atoms in total. The summed E-state index contributed by atoms with van der Waals surface area (Å²) in [5, 5.41) is 0.436. The Balaban J connectivity index is 2.13. The van der Waals surface area contributed by atoms with Crippen LogP contribution in [-0.2, 0) is 10.0 Å². The molecule has 18 heavy (non-hydrogen) atoms. The molecule has 0 radical (unpaired) electrons. The fourth-order valence-corrected chi connectivity index (χ4v) is 4.04. The molecule has 1 fully saturated rings. The van der Waals surface area contributed by atoms with Crippen molar-refractivity contribution in [1.82, 2.24) is 4.72 Å². The van der Waals surface area contributed by atoms with Gasteiger partial charge in [0.1, 0.15) is 0 Å². The minimum absolute atomic E-state index is 0.0407. The van der Waals surface area contributed by atoms with E-state index in [0.717, 1.165) is 12.8 Å². The standard InChI is InChI=1S/C13H18ClNO2S/c1-9-6-12(7-10(9)2)15-18(16,17)13-5-3-4-11(14)8-13/h3-5,8-10,12,15H,6-7H2,1-2H3/t9-,10+,12+. The Hall–Kier alpha value is -0.580. The number of sulfonamides is 1. The Morgan fingerprint density at radius 3 is 2.39 bits per heavy atom. The summed E-state index contributed by atoms with van der Waals surface area (Å²) in [6.07, 6.45) is 1.81. The highest BCUT2D eigenvalue weighted by Crippen LogP contribution is 2.31. The molecule has 0 unspecified atom stereocenters. The number of halogens is 1. The molecular formula is C13H18ClNO2S. The topological polar surface area (TPSA) is 46.2 Å². The van der Waals surface area contributed by atoms with E-state index in [4.69, 9.17) is 11.6 Å². The van der Waals surface area contributed by atoms with Gasteiger partial charge in [-0.2, -0.15) is 0 Å². The third kappa shape index (κ3) is 3.05. The van der Waals surface area contributed by atoms with Crippen molar-refractivity contribution in [3.63, 3.8) is 0 Å². The monoisotopic (exact) mass is 287 g/mol. The SMILES string of the molecule is C[C@@H]1C[C@H](NS(=O)(=O)c2cccc(Cl)c2)C[C@@H]1C. The molecule has 0 spiro atoms. The summed E-state index contributed by atoms with van der Waals surface area (Å²) in [6, 6.07) is 6.40. The van der Waals surface area contributed by atoms with Gasteiger partial charge in [0.05, 0.1) is 4.90 Å². The van der Waals surface area contributed by atoms with Gasteiger partial charge in [-0.25, -0.2) is 13.1 Å². The van der Waals surface area contributed by atoms with Crippen molar-refractivity contribution >= 4 is 21.6 Å². The second-order valence-electron chi connectivity index (χ2n) is 5.20. The quantitative estimate of drug-likeness (QED) is 0.929. The number of benzene rings is 1. The van der Waals surface area contributed by atoms with Crippen LogP contribution in [0.4, 0.5) is 0 Å². The second-order valence-corrected chi connectivity index (χ2v) is 7.35. The van der Waals surface area contributed by atoms with Crippen molar-refractivity contribution in [3.8, 4) is 0 Å². The van der Waals surface area contributed by atoms with E-state index in [0.29, 0.717) is 16.9 Å². The molecule has 0 bridgehead atoms. The lowest BCUT2D eigenvalue weighted by molar-refractivity contribution is 0.457. The molecule has 1 aromatic carbocycles. The zero-order valence-electron chi connectivity index (χ0n) is 10.6. The van der Waals surface area contributed by atoms with Gasteiger partial charge < -0.3 is 0 Å². The summed E-state index contributed by atoms with van der Waals surface area (Å²) in [5.74, 6) is 1.13. The molecule has 1 N–H and O–H groups in total. The van der Waals surface area contributed by atoms with Crippen molar-refractivity contribution in [2.45, 2.75) is 37.6 Å². The van der Waals surface area contributed by atoms with Crippen molar-refractivity contribution in [3.05, 3.63) is 29.3 Å². The maximum atomic E-state index is 12.2. The first kappa shape index (κ1) is 13.8. The summed E-state index contributed by atoms with van der Waals surface area (Å²) >= 11 is 5.82. The third-order valence-electron chi connectivity index (χ3n) is 3.71. The molecule has 100 valence electrons. The lowest BCUT2D eigenvalue weighted by Crippen LogP contribution is -2.33. The maximum Gasteiger partial charge on any atom is 0.240 e. The largest absolute Gasteiger partial charge is 0.240 e. The summed E-state index contributed by atoms with van der Waals surface area (Å²) in [7, 11) is -3.45. The minimum Gasteiger partial charge on any atom is -0.208 e. The van der Waals surface area contributed by atoms with E-state index in [1.165, 1.54) is 6.07 Å². The Morgan fingerprint density at radius 1 is 1.22 bits per heavy atom. The Labute approximate surface area is 114 Å². The normalized spacial score (nSPS) is 28.5. The lowest BCUT2D eigenvalue weighted by atomic mass is 10.0. The summed E-state index contributed by atoms with van der Waals surface area (Å²) in [4.78, 5) is 0.238. The van der Waals surface area contributed by atoms with Gasteiger partial charge in [0.2, 0.25) is 10.0 Å². The van der Waals surface area contributed by atoms with Crippen LogP contribution < -0.4 is 4.72 Å². The van der Waals surface area contributed by atoms with Gasteiger partial charge in [-0.05, 0) is 42.9 Å². The van der Waals surface area contributed by atoms with E-state index in [2.05, 4.69) is 18.6 Å². The molecule has 2 rings (SSSR count). The number of nitrogens with one attached hydrogen (secondary N) is 1. The smallest absolute Gasteiger partial charge is 0.208 e. The Bertz CT molecular complexity index is 520. The molecule has 1 aromatic rings.